The van der Waals surface area contributed by atoms with Gasteiger partial charge in [-0.2, -0.15) is 0 Å². The lowest BCUT2D eigenvalue weighted by Crippen LogP contribution is -2.37. The molecule has 2 aromatic heterocycles. The van der Waals surface area contributed by atoms with Crippen LogP contribution in [0.2, 0.25) is 0 Å². The Morgan fingerprint density at radius 1 is 0.456 bits per heavy atom. The summed E-state index contributed by atoms with van der Waals surface area (Å²) in [7, 11) is 0. The first-order valence-electron chi connectivity index (χ1n) is 23.5. The molecule has 0 amide bonds. The van der Waals surface area contributed by atoms with Crippen molar-refractivity contribution in [1.29, 1.82) is 0 Å². The van der Waals surface area contributed by atoms with Gasteiger partial charge >= 0.3 is 0 Å². The van der Waals surface area contributed by atoms with Crippen molar-refractivity contribution in [2.75, 3.05) is 0 Å². The lowest BCUT2D eigenvalue weighted by molar-refractivity contribution is 0.640. The van der Waals surface area contributed by atoms with Gasteiger partial charge < -0.3 is 14.5 Å². The molecule has 0 saturated heterocycles. The van der Waals surface area contributed by atoms with Crippen LogP contribution in [0.3, 0.4) is 0 Å². The number of aromatic nitrogens is 2. The van der Waals surface area contributed by atoms with Crippen LogP contribution in [0.15, 0.2) is 253 Å². The molecule has 3 heterocycles. The zero-order chi connectivity index (χ0) is 45.0. The average molecular weight is 872 g/mol. The Morgan fingerprint density at radius 3 is 1.85 bits per heavy atom. The fourth-order valence-electron chi connectivity index (χ4n) is 10.5. The minimum Gasteiger partial charge on any atom is -0.348 e. The molecule has 0 saturated carbocycles. The normalized spacial score (nSPS) is 15.9. The van der Waals surface area contributed by atoms with Crippen molar-refractivity contribution >= 4 is 60.9 Å². The molecule has 13 rings (SSSR count). The summed E-state index contributed by atoms with van der Waals surface area (Å²) >= 11 is 0. The van der Waals surface area contributed by atoms with Gasteiger partial charge in [-0.1, -0.05) is 206 Å². The van der Waals surface area contributed by atoms with Gasteiger partial charge in [0.2, 0.25) is 0 Å². The molecule has 9 aromatic carbocycles. The molecular weight excluding hydrogens is 827 g/mol. The molecule has 0 bridgehead atoms. The van der Waals surface area contributed by atoms with Crippen molar-refractivity contribution in [1.82, 2.24) is 14.5 Å². The number of rotatable bonds is 8. The maximum Gasteiger partial charge on any atom is 0.159 e. The Balaban J connectivity index is 1.01. The Hall–Kier alpha value is -8.80. The first kappa shape index (κ1) is 39.6. The van der Waals surface area contributed by atoms with E-state index in [4.69, 9.17) is 9.98 Å². The second-order valence-corrected chi connectivity index (χ2v) is 17.7. The minimum atomic E-state index is -0.413. The molecular formula is C63H45N5. The van der Waals surface area contributed by atoms with Gasteiger partial charge in [0, 0.05) is 44.3 Å². The molecule has 1 aliphatic heterocycles. The fourth-order valence-corrected chi connectivity index (χ4v) is 10.5. The van der Waals surface area contributed by atoms with Crippen LogP contribution in [-0.2, 0) is 0 Å². The molecule has 0 spiro atoms. The van der Waals surface area contributed by atoms with E-state index in [1.807, 2.05) is 6.07 Å². The lowest BCUT2D eigenvalue weighted by atomic mass is 9.91. The zero-order valence-corrected chi connectivity index (χ0v) is 37.2. The van der Waals surface area contributed by atoms with Crippen molar-refractivity contribution in [3.8, 4) is 33.6 Å². The molecule has 322 valence electrons. The van der Waals surface area contributed by atoms with E-state index in [-0.39, 0.29) is 5.92 Å². The van der Waals surface area contributed by atoms with Gasteiger partial charge in [0.15, 0.2) is 5.84 Å². The monoisotopic (exact) mass is 871 g/mol. The van der Waals surface area contributed by atoms with Crippen LogP contribution < -0.4 is 5.32 Å². The highest BCUT2D eigenvalue weighted by atomic mass is 15.2. The van der Waals surface area contributed by atoms with E-state index in [9.17, 15) is 0 Å². The quantitative estimate of drug-likeness (QED) is 0.162. The zero-order valence-electron chi connectivity index (χ0n) is 37.2. The summed E-state index contributed by atoms with van der Waals surface area (Å²) in [5.74, 6) is 1.70. The predicted molar refractivity (Wildman–Crippen MR) is 284 cm³/mol. The Labute approximate surface area is 395 Å². The van der Waals surface area contributed by atoms with Gasteiger partial charge in [-0.25, -0.2) is 9.98 Å². The first-order valence-corrected chi connectivity index (χ1v) is 23.5. The molecule has 2 aliphatic rings. The largest absolute Gasteiger partial charge is 0.348 e. The molecule has 1 aliphatic carbocycles. The number of fused-ring (bicyclic) bond motifs is 6. The molecule has 2 unspecified atom stereocenters. The SMILES string of the molecule is C1=CC(C2=NC(c3ccccc3)=NC(c3ccccc3-n3c4cc(-n5c6ccccc6c6ccc(-c7ccccc7)cc65)ccc4c4c(-c5ccccc5)cccc43)N2)CC=C1c1ccccc1. The van der Waals surface area contributed by atoms with Gasteiger partial charge in [0.1, 0.15) is 12.0 Å². The minimum absolute atomic E-state index is 0.0594. The van der Waals surface area contributed by atoms with Crippen molar-refractivity contribution in [2.24, 2.45) is 15.9 Å². The third-order valence-electron chi connectivity index (χ3n) is 13.7. The van der Waals surface area contributed by atoms with Gasteiger partial charge in [0.05, 0.1) is 27.8 Å². The van der Waals surface area contributed by atoms with Crippen LogP contribution in [0, 0.1) is 5.92 Å². The molecule has 1 N–H and O–H groups in total. The van der Waals surface area contributed by atoms with Crippen LogP contribution in [-0.4, -0.2) is 20.8 Å². The summed E-state index contributed by atoms with van der Waals surface area (Å²) < 4.78 is 4.92. The van der Waals surface area contributed by atoms with Gasteiger partial charge in [-0.3, -0.25) is 0 Å². The maximum absolute atomic E-state index is 5.45. The molecule has 0 fully saturated rings. The van der Waals surface area contributed by atoms with Crippen LogP contribution in [0.25, 0.3) is 82.8 Å². The molecule has 5 heteroatoms. The molecule has 5 nitrogen and oxygen atoms in total. The van der Waals surface area contributed by atoms with Crippen molar-refractivity contribution in [3.63, 3.8) is 0 Å². The second-order valence-electron chi connectivity index (χ2n) is 17.7. The number of benzene rings is 9. The van der Waals surface area contributed by atoms with Crippen molar-refractivity contribution in [3.05, 3.63) is 259 Å². The average Bonchev–Trinajstić information content (AvgIpc) is 3.94. The van der Waals surface area contributed by atoms with Gasteiger partial charge in [-0.05, 0) is 76.2 Å². The smallest absolute Gasteiger partial charge is 0.159 e. The van der Waals surface area contributed by atoms with E-state index >= 15 is 0 Å². The highest BCUT2D eigenvalue weighted by Crippen LogP contribution is 2.43. The number of hydrogen-bond donors (Lipinski definition) is 1. The summed E-state index contributed by atoms with van der Waals surface area (Å²) in [6, 6.07) is 80.6. The Bertz CT molecular complexity index is 3840. The summed E-state index contributed by atoms with van der Waals surface area (Å²) in [6.07, 6.45) is 7.28. The van der Waals surface area contributed by atoms with E-state index < -0.39 is 6.17 Å². The van der Waals surface area contributed by atoms with Gasteiger partial charge in [0.25, 0.3) is 0 Å². The Morgan fingerprint density at radius 2 is 1.09 bits per heavy atom. The summed E-state index contributed by atoms with van der Waals surface area (Å²) in [6.45, 7) is 0. The number of aliphatic imine (C=N–C) groups is 2. The fraction of sp³-hybridized carbons (Fsp3) is 0.0476. The maximum atomic E-state index is 5.45. The summed E-state index contributed by atoms with van der Waals surface area (Å²) in [4.78, 5) is 10.7. The first-order chi connectivity index (χ1) is 33.7. The van der Waals surface area contributed by atoms with Crippen LogP contribution >= 0.6 is 0 Å². The van der Waals surface area contributed by atoms with Crippen LogP contribution in [0.4, 0.5) is 0 Å². The standard InChI is InChI=1S/C63H45N5/c1-5-18-42(19-6-1)44-32-34-47(35-33-44)62-64-61(46-24-11-4-12-25-46)65-63(66-62)54-27-14-16-30-56(54)68-57-31-17-28-50(45-22-9-3-10-23-45)60(57)53-39-37-49(41-59(53)68)67-55-29-15-13-26-51(55)52-38-36-48(40-58(52)67)43-20-7-2-8-21-43/h1-34,36-41,47,63H,35H2,(H,64,65,66). The molecule has 68 heavy (non-hydrogen) atoms. The summed E-state index contributed by atoms with van der Waals surface area (Å²) in [5, 5.41) is 8.74. The third-order valence-corrected chi connectivity index (χ3v) is 13.7. The number of nitrogens with one attached hydrogen (secondary N) is 1. The van der Waals surface area contributed by atoms with Crippen molar-refractivity contribution in [2.45, 2.75) is 12.6 Å². The van der Waals surface area contributed by atoms with E-state index in [1.54, 1.807) is 0 Å². The third kappa shape index (κ3) is 6.78. The van der Waals surface area contributed by atoms with Gasteiger partial charge in [-0.15, -0.1) is 0 Å². The van der Waals surface area contributed by atoms with Crippen LogP contribution in [0.5, 0.6) is 0 Å². The number of allylic oxidation sites excluding steroid dienone is 3. The number of para-hydroxylation sites is 2. The topological polar surface area (TPSA) is 46.6 Å². The van der Waals surface area contributed by atoms with E-state index in [1.165, 1.54) is 66.0 Å². The summed E-state index contributed by atoms with van der Waals surface area (Å²) in [5.41, 5.74) is 16.0. The number of hydrogen-bond acceptors (Lipinski definition) is 3. The van der Waals surface area contributed by atoms with E-state index in [2.05, 4.69) is 251 Å². The lowest BCUT2D eigenvalue weighted by Gasteiger charge is -2.29. The second kappa shape index (κ2) is 16.6. The molecule has 11 aromatic rings. The molecule has 0 radical (unpaired) electrons. The Kier molecular flexibility index (Phi) is 9.64. The molecule has 2 atom stereocenters. The highest BCUT2D eigenvalue weighted by molar-refractivity contribution is 6.17. The number of amidine groups is 2. The number of nitrogens with zero attached hydrogens (tertiary/aromatic N) is 4. The van der Waals surface area contributed by atoms with Crippen LogP contribution in [0.1, 0.15) is 29.3 Å². The highest BCUT2D eigenvalue weighted by Gasteiger charge is 2.28. The van der Waals surface area contributed by atoms with E-state index in [0.717, 1.165) is 51.6 Å². The van der Waals surface area contributed by atoms with Crippen molar-refractivity contribution < 1.29 is 0 Å². The predicted octanol–water partition coefficient (Wildman–Crippen LogP) is 15.3. The van der Waals surface area contributed by atoms with E-state index in [0.29, 0.717) is 0 Å².